The SMILES string of the molecule is O=C(O)CCCCC(=O)NCc1ccno1. The summed E-state index contributed by atoms with van der Waals surface area (Å²) in [5, 5.41) is 14.5. The molecule has 88 valence electrons. The smallest absolute Gasteiger partial charge is 0.303 e. The van der Waals surface area contributed by atoms with Crippen molar-refractivity contribution in [3.63, 3.8) is 0 Å². The van der Waals surface area contributed by atoms with Crippen molar-refractivity contribution in [3.8, 4) is 0 Å². The Morgan fingerprint density at radius 3 is 2.75 bits per heavy atom. The highest BCUT2D eigenvalue weighted by Gasteiger charge is 2.04. The van der Waals surface area contributed by atoms with Crippen LogP contribution in [0.5, 0.6) is 0 Å². The van der Waals surface area contributed by atoms with Gasteiger partial charge in [0.25, 0.3) is 0 Å². The number of carboxylic acids is 1. The summed E-state index contributed by atoms with van der Waals surface area (Å²) in [5.74, 6) is -0.345. The molecule has 1 rings (SSSR count). The molecule has 1 amide bonds. The Morgan fingerprint density at radius 1 is 1.38 bits per heavy atom. The minimum atomic E-state index is -0.831. The number of aliphatic carboxylic acids is 1. The van der Waals surface area contributed by atoms with Gasteiger partial charge in [-0.3, -0.25) is 9.59 Å². The van der Waals surface area contributed by atoms with Crippen molar-refractivity contribution in [3.05, 3.63) is 18.0 Å². The Bertz CT molecular complexity index is 335. The maximum Gasteiger partial charge on any atom is 0.303 e. The first kappa shape index (κ1) is 12.2. The largest absolute Gasteiger partial charge is 0.481 e. The second-order valence-electron chi connectivity index (χ2n) is 3.36. The minimum absolute atomic E-state index is 0.107. The summed E-state index contributed by atoms with van der Waals surface area (Å²) >= 11 is 0. The van der Waals surface area contributed by atoms with Gasteiger partial charge in [0.2, 0.25) is 5.91 Å². The Hall–Kier alpha value is -1.85. The van der Waals surface area contributed by atoms with Crippen LogP contribution in [0.2, 0.25) is 0 Å². The predicted molar refractivity (Wildman–Crippen MR) is 54.5 cm³/mol. The van der Waals surface area contributed by atoms with Crippen LogP contribution in [0.25, 0.3) is 0 Å². The molecule has 0 atom stereocenters. The van der Waals surface area contributed by atoms with Crippen molar-refractivity contribution in [1.29, 1.82) is 0 Å². The fourth-order valence-electron chi connectivity index (χ4n) is 1.17. The molecule has 1 aromatic heterocycles. The van der Waals surface area contributed by atoms with Crippen LogP contribution in [0, 0.1) is 0 Å². The third-order valence-electron chi connectivity index (χ3n) is 2.00. The molecule has 16 heavy (non-hydrogen) atoms. The van der Waals surface area contributed by atoms with Crippen LogP contribution in [0.3, 0.4) is 0 Å². The zero-order valence-corrected chi connectivity index (χ0v) is 8.81. The van der Waals surface area contributed by atoms with Crippen LogP contribution in [0.4, 0.5) is 0 Å². The topological polar surface area (TPSA) is 92.4 Å². The summed E-state index contributed by atoms with van der Waals surface area (Å²) in [6.07, 6.45) is 3.05. The van der Waals surface area contributed by atoms with Crippen molar-refractivity contribution in [2.24, 2.45) is 0 Å². The first-order valence-electron chi connectivity index (χ1n) is 5.06. The second-order valence-corrected chi connectivity index (χ2v) is 3.36. The van der Waals surface area contributed by atoms with Gasteiger partial charge in [0.1, 0.15) is 0 Å². The molecule has 0 radical (unpaired) electrons. The van der Waals surface area contributed by atoms with Gasteiger partial charge in [0, 0.05) is 18.9 Å². The van der Waals surface area contributed by atoms with E-state index in [1.807, 2.05) is 0 Å². The molecule has 0 unspecified atom stereocenters. The van der Waals surface area contributed by atoms with E-state index in [0.717, 1.165) is 0 Å². The third kappa shape index (κ3) is 5.14. The van der Waals surface area contributed by atoms with E-state index in [2.05, 4.69) is 10.5 Å². The van der Waals surface area contributed by atoms with E-state index < -0.39 is 5.97 Å². The molecule has 0 spiro atoms. The first-order valence-corrected chi connectivity index (χ1v) is 5.06. The number of hydrogen-bond donors (Lipinski definition) is 2. The summed E-state index contributed by atoms with van der Waals surface area (Å²) in [5.41, 5.74) is 0. The number of hydrogen-bond acceptors (Lipinski definition) is 4. The molecule has 0 aromatic carbocycles. The van der Waals surface area contributed by atoms with Gasteiger partial charge >= 0.3 is 5.97 Å². The van der Waals surface area contributed by atoms with E-state index in [1.54, 1.807) is 6.07 Å². The maximum atomic E-state index is 11.3. The van der Waals surface area contributed by atoms with Crippen molar-refractivity contribution in [2.45, 2.75) is 32.2 Å². The Balaban J connectivity index is 2.05. The third-order valence-corrected chi connectivity index (χ3v) is 2.00. The van der Waals surface area contributed by atoms with E-state index >= 15 is 0 Å². The normalized spacial score (nSPS) is 10.0. The highest BCUT2D eigenvalue weighted by Crippen LogP contribution is 2.00. The molecule has 6 nitrogen and oxygen atoms in total. The van der Waals surface area contributed by atoms with Gasteiger partial charge in [-0.25, -0.2) is 0 Å². The molecule has 0 saturated carbocycles. The summed E-state index contributed by atoms with van der Waals surface area (Å²) in [4.78, 5) is 21.5. The fraction of sp³-hybridized carbons (Fsp3) is 0.500. The van der Waals surface area contributed by atoms with Crippen LogP contribution in [0.15, 0.2) is 16.8 Å². The monoisotopic (exact) mass is 226 g/mol. The van der Waals surface area contributed by atoms with E-state index in [1.165, 1.54) is 6.20 Å². The summed E-state index contributed by atoms with van der Waals surface area (Å²) in [6, 6.07) is 1.67. The van der Waals surface area contributed by atoms with Crippen molar-refractivity contribution in [1.82, 2.24) is 10.5 Å². The number of amides is 1. The van der Waals surface area contributed by atoms with E-state index in [9.17, 15) is 9.59 Å². The van der Waals surface area contributed by atoms with Crippen LogP contribution < -0.4 is 5.32 Å². The lowest BCUT2D eigenvalue weighted by molar-refractivity contribution is -0.137. The summed E-state index contributed by atoms with van der Waals surface area (Å²) in [6.45, 7) is 0.317. The van der Waals surface area contributed by atoms with Crippen LogP contribution in [0.1, 0.15) is 31.4 Å². The van der Waals surface area contributed by atoms with Gasteiger partial charge in [-0.1, -0.05) is 5.16 Å². The predicted octanol–water partition coefficient (Wildman–Crippen LogP) is 0.936. The number of carbonyl (C=O) groups is 2. The van der Waals surface area contributed by atoms with Gasteiger partial charge in [0.05, 0.1) is 12.7 Å². The van der Waals surface area contributed by atoms with Gasteiger partial charge in [-0.2, -0.15) is 0 Å². The molecule has 1 aromatic rings. The maximum absolute atomic E-state index is 11.3. The number of nitrogens with zero attached hydrogens (tertiary/aromatic N) is 1. The molecule has 0 aliphatic heterocycles. The molecule has 6 heteroatoms. The fourth-order valence-corrected chi connectivity index (χ4v) is 1.17. The van der Waals surface area contributed by atoms with Gasteiger partial charge in [-0.05, 0) is 12.8 Å². The zero-order chi connectivity index (χ0) is 11.8. The lowest BCUT2D eigenvalue weighted by Gasteiger charge is -2.01. The van der Waals surface area contributed by atoms with Gasteiger partial charge in [0.15, 0.2) is 5.76 Å². The molecule has 1 heterocycles. The van der Waals surface area contributed by atoms with E-state index in [0.29, 0.717) is 31.6 Å². The number of unbranched alkanes of at least 4 members (excludes halogenated alkanes) is 1. The average Bonchev–Trinajstić information content (AvgIpc) is 2.74. The number of aromatic nitrogens is 1. The Kier molecular flexibility index (Phi) is 5.04. The summed E-state index contributed by atoms with van der Waals surface area (Å²) in [7, 11) is 0. The second kappa shape index (κ2) is 6.60. The molecule has 2 N–H and O–H groups in total. The number of carboxylic acid groups (broad SMARTS) is 1. The molecule has 0 bridgehead atoms. The van der Waals surface area contributed by atoms with Crippen molar-refractivity contribution in [2.75, 3.05) is 0 Å². The van der Waals surface area contributed by atoms with E-state index in [-0.39, 0.29) is 12.3 Å². The number of nitrogens with one attached hydrogen (secondary N) is 1. The van der Waals surface area contributed by atoms with Crippen LogP contribution in [-0.2, 0) is 16.1 Å². The Morgan fingerprint density at radius 2 is 2.12 bits per heavy atom. The number of carbonyl (C=O) groups excluding carboxylic acids is 1. The average molecular weight is 226 g/mol. The quantitative estimate of drug-likeness (QED) is 0.675. The van der Waals surface area contributed by atoms with Gasteiger partial charge in [-0.15, -0.1) is 0 Å². The standard InChI is InChI=1S/C10H14N2O4/c13-9(3-1-2-4-10(14)15)11-7-8-5-6-12-16-8/h5-6H,1-4,7H2,(H,11,13)(H,14,15). The highest BCUT2D eigenvalue weighted by atomic mass is 16.5. The molecular formula is C10H14N2O4. The summed E-state index contributed by atoms with van der Waals surface area (Å²) < 4.78 is 4.80. The van der Waals surface area contributed by atoms with Crippen molar-refractivity contribution < 1.29 is 19.2 Å². The molecular weight excluding hydrogens is 212 g/mol. The van der Waals surface area contributed by atoms with E-state index in [4.69, 9.17) is 9.63 Å². The van der Waals surface area contributed by atoms with Crippen LogP contribution in [-0.4, -0.2) is 22.1 Å². The molecule has 0 saturated heterocycles. The van der Waals surface area contributed by atoms with Crippen LogP contribution >= 0.6 is 0 Å². The van der Waals surface area contributed by atoms with Crippen molar-refractivity contribution >= 4 is 11.9 Å². The van der Waals surface area contributed by atoms with Gasteiger partial charge < -0.3 is 14.9 Å². The molecule has 0 aliphatic carbocycles. The minimum Gasteiger partial charge on any atom is -0.481 e. The Labute approximate surface area is 92.6 Å². The highest BCUT2D eigenvalue weighted by molar-refractivity contribution is 5.75. The lowest BCUT2D eigenvalue weighted by atomic mass is 10.2. The molecule has 0 aliphatic rings. The first-order chi connectivity index (χ1) is 7.68. The molecule has 0 fully saturated rings. The number of rotatable bonds is 7. The zero-order valence-electron chi connectivity index (χ0n) is 8.81. The lowest BCUT2D eigenvalue weighted by Crippen LogP contribution is -2.22.